The van der Waals surface area contributed by atoms with Crippen molar-refractivity contribution in [1.29, 1.82) is 0 Å². The standard InChI is InChI=1S/C19H19NO3/c1-12(13-5-3-2-4-6-13)20-19(21)17-15-8-10-22-16(15)11-14-7-9-23-18(14)17/h2-6,11-12H,7-10H2,1H3,(H,20,21). The minimum absolute atomic E-state index is 0.0565. The molecule has 4 rings (SSSR count). The summed E-state index contributed by atoms with van der Waals surface area (Å²) in [7, 11) is 0. The fraction of sp³-hybridized carbons (Fsp3) is 0.316. The van der Waals surface area contributed by atoms with Gasteiger partial charge in [-0.25, -0.2) is 0 Å². The number of amides is 1. The van der Waals surface area contributed by atoms with Gasteiger partial charge in [-0.3, -0.25) is 4.79 Å². The van der Waals surface area contributed by atoms with E-state index in [9.17, 15) is 4.79 Å². The first kappa shape index (κ1) is 14.1. The minimum Gasteiger partial charge on any atom is -0.493 e. The molecule has 2 heterocycles. The van der Waals surface area contributed by atoms with Crippen LogP contribution in [-0.2, 0) is 12.8 Å². The van der Waals surface area contributed by atoms with Gasteiger partial charge in [-0.15, -0.1) is 0 Å². The highest BCUT2D eigenvalue weighted by molar-refractivity contribution is 6.00. The molecule has 1 atom stereocenters. The summed E-state index contributed by atoms with van der Waals surface area (Å²) < 4.78 is 11.4. The van der Waals surface area contributed by atoms with Crippen molar-refractivity contribution < 1.29 is 14.3 Å². The van der Waals surface area contributed by atoms with Gasteiger partial charge in [0.15, 0.2) is 0 Å². The van der Waals surface area contributed by atoms with E-state index in [1.54, 1.807) is 0 Å². The number of ether oxygens (including phenoxy) is 2. The second-order valence-electron chi connectivity index (χ2n) is 6.02. The summed E-state index contributed by atoms with van der Waals surface area (Å²) in [5, 5.41) is 3.10. The monoisotopic (exact) mass is 309 g/mol. The normalized spacial score (nSPS) is 16.0. The highest BCUT2D eigenvalue weighted by atomic mass is 16.5. The molecule has 0 aliphatic carbocycles. The molecule has 2 aromatic rings. The number of nitrogens with one attached hydrogen (secondary N) is 1. The Bertz CT molecular complexity index is 723. The van der Waals surface area contributed by atoms with Gasteiger partial charge in [-0.2, -0.15) is 0 Å². The predicted molar refractivity (Wildman–Crippen MR) is 87.2 cm³/mol. The van der Waals surface area contributed by atoms with Crippen LogP contribution in [-0.4, -0.2) is 19.1 Å². The maximum atomic E-state index is 12.9. The van der Waals surface area contributed by atoms with Crippen LogP contribution in [0.2, 0.25) is 0 Å². The molecule has 0 aromatic heterocycles. The van der Waals surface area contributed by atoms with Crippen molar-refractivity contribution >= 4 is 5.91 Å². The molecule has 2 aliphatic rings. The molecule has 23 heavy (non-hydrogen) atoms. The van der Waals surface area contributed by atoms with Gasteiger partial charge in [-0.1, -0.05) is 30.3 Å². The lowest BCUT2D eigenvalue weighted by atomic mass is 9.98. The van der Waals surface area contributed by atoms with Crippen molar-refractivity contribution in [3.8, 4) is 11.5 Å². The third-order valence-electron chi connectivity index (χ3n) is 4.52. The second-order valence-corrected chi connectivity index (χ2v) is 6.02. The summed E-state index contributed by atoms with van der Waals surface area (Å²) in [6.07, 6.45) is 1.59. The van der Waals surface area contributed by atoms with Gasteiger partial charge in [0.25, 0.3) is 5.91 Å². The lowest BCUT2D eigenvalue weighted by Crippen LogP contribution is -2.28. The molecule has 4 heteroatoms. The van der Waals surface area contributed by atoms with Crippen LogP contribution < -0.4 is 14.8 Å². The Morgan fingerprint density at radius 3 is 2.74 bits per heavy atom. The van der Waals surface area contributed by atoms with Crippen molar-refractivity contribution in [2.45, 2.75) is 25.8 Å². The van der Waals surface area contributed by atoms with Crippen LogP contribution in [0.15, 0.2) is 36.4 Å². The van der Waals surface area contributed by atoms with Gasteiger partial charge in [0, 0.05) is 24.0 Å². The van der Waals surface area contributed by atoms with E-state index in [0.29, 0.717) is 18.8 Å². The van der Waals surface area contributed by atoms with Crippen molar-refractivity contribution in [3.63, 3.8) is 0 Å². The number of rotatable bonds is 3. The minimum atomic E-state index is -0.0816. The molecular weight excluding hydrogens is 290 g/mol. The van der Waals surface area contributed by atoms with E-state index in [4.69, 9.17) is 9.47 Å². The summed E-state index contributed by atoms with van der Waals surface area (Å²) in [6.45, 7) is 3.26. The topological polar surface area (TPSA) is 47.6 Å². The fourth-order valence-corrected chi connectivity index (χ4v) is 3.32. The van der Waals surface area contributed by atoms with Gasteiger partial charge in [0.2, 0.25) is 0 Å². The largest absolute Gasteiger partial charge is 0.493 e. The van der Waals surface area contributed by atoms with Crippen LogP contribution in [0.3, 0.4) is 0 Å². The average Bonchev–Trinajstić information content (AvgIpc) is 3.21. The lowest BCUT2D eigenvalue weighted by Gasteiger charge is -2.17. The molecule has 4 nitrogen and oxygen atoms in total. The zero-order chi connectivity index (χ0) is 15.8. The Morgan fingerprint density at radius 1 is 1.13 bits per heavy atom. The van der Waals surface area contributed by atoms with E-state index >= 15 is 0 Å². The molecule has 2 aromatic carbocycles. The number of benzene rings is 2. The average molecular weight is 309 g/mol. The Balaban J connectivity index is 1.67. The third kappa shape index (κ3) is 2.44. The van der Waals surface area contributed by atoms with Crippen LogP contribution in [0, 0.1) is 0 Å². The molecular formula is C19H19NO3. The van der Waals surface area contributed by atoms with E-state index in [1.165, 1.54) is 0 Å². The number of carbonyl (C=O) groups is 1. The van der Waals surface area contributed by atoms with E-state index in [2.05, 4.69) is 5.32 Å². The van der Waals surface area contributed by atoms with Crippen LogP contribution in [0.25, 0.3) is 0 Å². The lowest BCUT2D eigenvalue weighted by molar-refractivity contribution is 0.0936. The molecule has 0 saturated heterocycles. The van der Waals surface area contributed by atoms with Crippen molar-refractivity contribution in [3.05, 3.63) is 58.7 Å². The van der Waals surface area contributed by atoms with Gasteiger partial charge in [-0.05, 0) is 18.6 Å². The van der Waals surface area contributed by atoms with Gasteiger partial charge in [0.1, 0.15) is 11.5 Å². The zero-order valence-corrected chi connectivity index (χ0v) is 13.1. The van der Waals surface area contributed by atoms with Gasteiger partial charge >= 0.3 is 0 Å². The van der Waals surface area contributed by atoms with Gasteiger partial charge in [0.05, 0.1) is 24.8 Å². The van der Waals surface area contributed by atoms with E-state index in [-0.39, 0.29) is 11.9 Å². The molecule has 0 saturated carbocycles. The number of fused-ring (bicyclic) bond motifs is 2. The quantitative estimate of drug-likeness (QED) is 0.948. The summed E-state index contributed by atoms with van der Waals surface area (Å²) in [5.41, 5.74) is 3.80. The van der Waals surface area contributed by atoms with E-state index < -0.39 is 0 Å². The highest BCUT2D eigenvalue weighted by Crippen LogP contribution is 2.40. The molecule has 2 aliphatic heterocycles. The first-order valence-electron chi connectivity index (χ1n) is 8.04. The fourth-order valence-electron chi connectivity index (χ4n) is 3.32. The number of carbonyl (C=O) groups excluding carboxylic acids is 1. The van der Waals surface area contributed by atoms with Crippen molar-refractivity contribution in [1.82, 2.24) is 5.32 Å². The predicted octanol–water partition coefficient (Wildman–Crippen LogP) is 3.05. The second kappa shape index (κ2) is 5.61. The Hall–Kier alpha value is -2.49. The smallest absolute Gasteiger partial charge is 0.255 e. The van der Waals surface area contributed by atoms with Crippen molar-refractivity contribution in [2.24, 2.45) is 0 Å². The first-order valence-corrected chi connectivity index (χ1v) is 8.04. The zero-order valence-electron chi connectivity index (χ0n) is 13.1. The molecule has 1 amide bonds. The Labute approximate surface area is 135 Å². The first-order chi connectivity index (χ1) is 11.2. The van der Waals surface area contributed by atoms with E-state index in [1.807, 2.05) is 43.3 Å². The van der Waals surface area contributed by atoms with E-state index in [0.717, 1.165) is 41.0 Å². The number of hydrogen-bond donors (Lipinski definition) is 1. The summed E-state index contributed by atoms with van der Waals surface area (Å²) >= 11 is 0. The van der Waals surface area contributed by atoms with Gasteiger partial charge < -0.3 is 14.8 Å². The van der Waals surface area contributed by atoms with Crippen LogP contribution in [0.4, 0.5) is 0 Å². The highest BCUT2D eigenvalue weighted by Gasteiger charge is 2.30. The summed E-state index contributed by atoms with van der Waals surface area (Å²) in [5.74, 6) is 1.50. The summed E-state index contributed by atoms with van der Waals surface area (Å²) in [4.78, 5) is 12.9. The summed E-state index contributed by atoms with van der Waals surface area (Å²) in [6, 6.07) is 11.9. The van der Waals surface area contributed by atoms with Crippen molar-refractivity contribution in [2.75, 3.05) is 13.2 Å². The molecule has 0 fully saturated rings. The maximum Gasteiger partial charge on any atom is 0.255 e. The third-order valence-corrected chi connectivity index (χ3v) is 4.52. The molecule has 0 bridgehead atoms. The SMILES string of the molecule is CC(NC(=O)c1c2c(cc3c1OCC3)OCC2)c1ccccc1. The molecule has 0 spiro atoms. The Morgan fingerprint density at radius 2 is 1.91 bits per heavy atom. The maximum absolute atomic E-state index is 12.9. The number of hydrogen-bond acceptors (Lipinski definition) is 3. The van der Waals surface area contributed by atoms with Crippen LogP contribution in [0.1, 0.15) is 40.0 Å². The molecule has 0 radical (unpaired) electrons. The molecule has 1 N–H and O–H groups in total. The molecule has 1 unspecified atom stereocenters. The van der Waals surface area contributed by atoms with Crippen LogP contribution >= 0.6 is 0 Å². The van der Waals surface area contributed by atoms with Crippen LogP contribution in [0.5, 0.6) is 11.5 Å². The molecule has 118 valence electrons. The Kier molecular flexibility index (Phi) is 3.45.